The molecule has 1 aliphatic carbocycles. The Kier molecular flexibility index (Phi) is 6.06. The number of carbonyl (C=O) groups excluding carboxylic acids is 1. The number of ether oxygens (including phenoxy) is 3. The minimum atomic E-state index is -3.14. The largest absolute Gasteiger partial charge is 0.482 e. The number of nitrogens with zero attached hydrogens (tertiary/aromatic N) is 2. The Balaban J connectivity index is 1.02. The fourth-order valence-electron chi connectivity index (χ4n) is 5.95. The molecule has 2 bridgehead atoms. The number of aromatic nitrogens is 2. The van der Waals surface area contributed by atoms with Crippen LogP contribution in [0.3, 0.4) is 0 Å². The van der Waals surface area contributed by atoms with Crippen molar-refractivity contribution in [2.45, 2.75) is 93.9 Å². The lowest BCUT2D eigenvalue weighted by Crippen LogP contribution is -2.36. The van der Waals surface area contributed by atoms with Crippen LogP contribution in [0.15, 0.2) is 22.6 Å². The number of carbonyl (C=O) groups is 1. The van der Waals surface area contributed by atoms with Gasteiger partial charge in [-0.25, -0.2) is 0 Å². The van der Waals surface area contributed by atoms with Crippen LogP contribution in [0.5, 0.6) is 5.75 Å². The fraction of sp³-hybridized carbons (Fsp3) is 0.640. The number of Topliss-reactive ketones (excluding diaryl/α,β-unsaturated/α-hetero) is 1. The van der Waals surface area contributed by atoms with E-state index in [9.17, 15) is 18.7 Å². The number of fused-ring (bicyclic) bond motifs is 3. The first-order chi connectivity index (χ1) is 17.1. The third kappa shape index (κ3) is 4.64. The van der Waals surface area contributed by atoms with Crippen LogP contribution in [0.25, 0.3) is 0 Å². The molecule has 6 atom stereocenters. The fourth-order valence-corrected chi connectivity index (χ4v) is 6.13. The van der Waals surface area contributed by atoms with Gasteiger partial charge in [0.2, 0.25) is 11.8 Å². The van der Waals surface area contributed by atoms with Gasteiger partial charge in [0.15, 0.2) is 11.9 Å². The molecule has 4 aliphatic rings. The van der Waals surface area contributed by atoms with E-state index in [1.165, 1.54) is 0 Å². The molecular formula is C25H27ClF2N2O6. The second-order valence-corrected chi connectivity index (χ2v) is 10.9. The Labute approximate surface area is 211 Å². The number of aliphatic hydroxyl groups is 1. The highest BCUT2D eigenvalue weighted by atomic mass is 35.5. The summed E-state index contributed by atoms with van der Waals surface area (Å²) in [5.41, 5.74) is 0.602. The Morgan fingerprint density at radius 1 is 1.17 bits per heavy atom. The van der Waals surface area contributed by atoms with Crippen LogP contribution in [-0.2, 0) is 14.3 Å². The summed E-state index contributed by atoms with van der Waals surface area (Å²) in [6.07, 6.45) is -2.61. The van der Waals surface area contributed by atoms with Crippen LogP contribution >= 0.6 is 11.6 Å². The van der Waals surface area contributed by atoms with Crippen molar-refractivity contribution in [3.05, 3.63) is 40.6 Å². The van der Waals surface area contributed by atoms with Crippen LogP contribution in [0.1, 0.15) is 80.7 Å². The summed E-state index contributed by atoms with van der Waals surface area (Å²) in [6.45, 7) is 0.738. The molecule has 3 fully saturated rings. The van der Waals surface area contributed by atoms with Crippen LogP contribution in [-0.4, -0.2) is 51.6 Å². The molecule has 1 saturated carbocycles. The molecule has 11 heteroatoms. The number of hydrogen-bond acceptors (Lipinski definition) is 8. The Morgan fingerprint density at radius 3 is 2.67 bits per heavy atom. The maximum atomic E-state index is 13.0. The normalized spacial score (nSPS) is 35.2. The lowest BCUT2D eigenvalue weighted by molar-refractivity contribution is -0.265. The lowest BCUT2D eigenvalue weighted by atomic mass is 9.79. The molecule has 2 aromatic rings. The summed E-state index contributed by atoms with van der Waals surface area (Å²) in [6, 6.07) is 5.02. The number of benzene rings is 1. The Bertz CT molecular complexity index is 1150. The van der Waals surface area contributed by atoms with Gasteiger partial charge in [0.05, 0.1) is 30.3 Å². The zero-order valence-electron chi connectivity index (χ0n) is 19.6. The molecule has 8 nitrogen and oxygen atoms in total. The summed E-state index contributed by atoms with van der Waals surface area (Å²) >= 11 is 6.01. The molecule has 6 rings (SSSR count). The number of hydrogen-bond donors (Lipinski definition) is 1. The van der Waals surface area contributed by atoms with E-state index in [-0.39, 0.29) is 42.2 Å². The van der Waals surface area contributed by atoms with Gasteiger partial charge in [0.25, 0.3) is 0 Å². The third-order valence-corrected chi connectivity index (χ3v) is 8.03. The highest BCUT2D eigenvalue weighted by molar-refractivity contribution is 6.30. The minimum Gasteiger partial charge on any atom is -0.482 e. The van der Waals surface area contributed by atoms with E-state index >= 15 is 0 Å². The molecule has 0 radical (unpaired) electrons. The standard InChI is InChI=1S/C25H27ClF2N2O6/c1-25(27,28)36-14-4-12(5-14)23-29-30-24(35-23)16-9-20-11(7-21(16)34-20)6-18(32)22-10-17(31)15-8-13(26)2-3-19(15)33-22/h2-3,8,11-12,14,16-17,20-22,31H,4-7,9-10H2,1H3/t11-,12?,14?,16-,17-,20+,21+,22+/m1/s1. The van der Waals surface area contributed by atoms with Crippen LogP contribution < -0.4 is 4.74 Å². The van der Waals surface area contributed by atoms with Crippen molar-refractivity contribution < 1.29 is 37.3 Å². The monoisotopic (exact) mass is 524 g/mol. The van der Waals surface area contributed by atoms with Gasteiger partial charge in [-0.3, -0.25) is 4.79 Å². The quantitative estimate of drug-likeness (QED) is 0.555. The van der Waals surface area contributed by atoms with Crippen molar-refractivity contribution >= 4 is 17.4 Å². The second-order valence-electron chi connectivity index (χ2n) is 10.5. The summed E-state index contributed by atoms with van der Waals surface area (Å²) in [5, 5.41) is 19.3. The van der Waals surface area contributed by atoms with Crippen LogP contribution in [0.2, 0.25) is 5.02 Å². The number of halogens is 3. The SMILES string of the molecule is CC(F)(F)OC1CC(c2nnc([C@@H]3C[C@@H]4O[C@H]3C[C@H]4CC(=O)[C@@H]3C[C@@H](O)c4cc(Cl)ccc4O3)o2)C1. The van der Waals surface area contributed by atoms with Gasteiger partial charge in [-0.15, -0.1) is 10.2 Å². The molecule has 2 saturated heterocycles. The van der Waals surface area contributed by atoms with E-state index in [0.29, 0.717) is 60.2 Å². The van der Waals surface area contributed by atoms with Gasteiger partial charge in [-0.1, -0.05) is 11.6 Å². The van der Waals surface area contributed by atoms with Gasteiger partial charge in [0.1, 0.15) is 5.75 Å². The first-order valence-electron chi connectivity index (χ1n) is 12.3. The predicted octanol–water partition coefficient (Wildman–Crippen LogP) is 4.70. The van der Waals surface area contributed by atoms with Crippen molar-refractivity contribution in [2.24, 2.45) is 5.92 Å². The Morgan fingerprint density at radius 2 is 1.94 bits per heavy atom. The van der Waals surface area contributed by atoms with Crippen molar-refractivity contribution in [2.75, 3.05) is 0 Å². The lowest BCUT2D eigenvalue weighted by Gasteiger charge is -2.34. The predicted molar refractivity (Wildman–Crippen MR) is 121 cm³/mol. The van der Waals surface area contributed by atoms with E-state index in [4.69, 9.17) is 25.5 Å². The molecule has 1 aromatic carbocycles. The zero-order chi connectivity index (χ0) is 25.2. The van der Waals surface area contributed by atoms with Crippen molar-refractivity contribution in [1.29, 1.82) is 0 Å². The van der Waals surface area contributed by atoms with Crippen LogP contribution in [0.4, 0.5) is 8.78 Å². The van der Waals surface area contributed by atoms with E-state index in [2.05, 4.69) is 14.9 Å². The summed E-state index contributed by atoms with van der Waals surface area (Å²) in [4.78, 5) is 13.0. The van der Waals surface area contributed by atoms with Gasteiger partial charge < -0.3 is 23.7 Å². The van der Waals surface area contributed by atoms with Gasteiger partial charge in [0, 0.05) is 36.3 Å². The molecule has 194 valence electrons. The Hall–Kier alpha value is -2.14. The number of alkyl halides is 2. The summed E-state index contributed by atoms with van der Waals surface area (Å²) in [5.74, 6) is 1.34. The smallest absolute Gasteiger partial charge is 0.353 e. The molecule has 36 heavy (non-hydrogen) atoms. The topological polar surface area (TPSA) is 104 Å². The number of rotatable bonds is 7. The number of aliphatic hydroxyl groups excluding tert-OH is 1. The average Bonchev–Trinajstić information content (AvgIpc) is 3.51. The maximum absolute atomic E-state index is 13.0. The van der Waals surface area contributed by atoms with E-state index in [0.717, 1.165) is 6.92 Å². The van der Waals surface area contributed by atoms with Crippen LogP contribution in [0, 0.1) is 5.92 Å². The minimum absolute atomic E-state index is 0.0425. The molecule has 4 heterocycles. The third-order valence-electron chi connectivity index (χ3n) is 7.80. The van der Waals surface area contributed by atoms with Gasteiger partial charge in [-0.2, -0.15) is 8.78 Å². The molecule has 0 amide bonds. The van der Waals surface area contributed by atoms with E-state index in [1.54, 1.807) is 18.2 Å². The highest BCUT2D eigenvalue weighted by Gasteiger charge is 2.51. The van der Waals surface area contributed by atoms with Crippen molar-refractivity contribution in [3.63, 3.8) is 0 Å². The first-order valence-corrected chi connectivity index (χ1v) is 12.7. The van der Waals surface area contributed by atoms with Crippen molar-refractivity contribution in [3.8, 4) is 5.75 Å². The molecule has 1 N–H and O–H groups in total. The summed E-state index contributed by atoms with van der Waals surface area (Å²) < 4.78 is 48.6. The molecular weight excluding hydrogens is 498 g/mol. The summed E-state index contributed by atoms with van der Waals surface area (Å²) in [7, 11) is 0. The van der Waals surface area contributed by atoms with E-state index < -0.39 is 24.4 Å². The second kappa shape index (κ2) is 9.01. The molecule has 0 unspecified atom stereocenters. The van der Waals surface area contributed by atoms with E-state index in [1.807, 2.05) is 0 Å². The molecule has 3 aliphatic heterocycles. The zero-order valence-corrected chi connectivity index (χ0v) is 20.4. The number of ketones is 1. The maximum Gasteiger partial charge on any atom is 0.353 e. The molecule has 1 aromatic heterocycles. The average molecular weight is 525 g/mol. The van der Waals surface area contributed by atoms with Gasteiger partial charge >= 0.3 is 6.11 Å². The first kappa shape index (κ1) is 24.2. The van der Waals surface area contributed by atoms with Crippen molar-refractivity contribution in [1.82, 2.24) is 10.2 Å². The highest BCUT2D eigenvalue weighted by Crippen LogP contribution is 2.49. The molecule has 0 spiro atoms. The van der Waals surface area contributed by atoms with Gasteiger partial charge in [-0.05, 0) is 49.8 Å².